The summed E-state index contributed by atoms with van der Waals surface area (Å²) in [5, 5.41) is 3.49. The maximum atomic E-state index is 5.78. The van der Waals surface area contributed by atoms with E-state index in [0.29, 0.717) is 5.89 Å². The number of para-hydroxylation sites is 2. The number of oxazole rings is 1. The average Bonchev–Trinajstić information content (AvgIpc) is 2.92. The van der Waals surface area contributed by atoms with Crippen molar-refractivity contribution in [3.63, 3.8) is 0 Å². The van der Waals surface area contributed by atoms with Crippen LogP contribution in [-0.2, 0) is 0 Å². The van der Waals surface area contributed by atoms with Crippen molar-refractivity contribution in [3.8, 4) is 0 Å². The van der Waals surface area contributed by atoms with Gasteiger partial charge in [0.15, 0.2) is 5.58 Å². The maximum absolute atomic E-state index is 5.78. The van der Waals surface area contributed by atoms with E-state index in [1.807, 2.05) is 36.4 Å². The van der Waals surface area contributed by atoms with Gasteiger partial charge in [-0.2, -0.15) is 0 Å². The van der Waals surface area contributed by atoms with E-state index in [4.69, 9.17) is 4.42 Å². The van der Waals surface area contributed by atoms with Crippen LogP contribution in [0.25, 0.3) is 11.1 Å². The molecule has 1 aromatic carbocycles. The zero-order valence-electron chi connectivity index (χ0n) is 11.6. The number of nitrogens with zero attached hydrogens (tertiary/aromatic N) is 2. The minimum Gasteiger partial charge on any atom is -0.439 e. The first-order valence-electron chi connectivity index (χ1n) is 6.75. The summed E-state index contributed by atoms with van der Waals surface area (Å²) in [5.74, 6) is 0.715. The van der Waals surface area contributed by atoms with Crippen molar-refractivity contribution in [2.75, 3.05) is 0 Å². The molecule has 0 unspecified atom stereocenters. The smallest absolute Gasteiger partial charge is 0.212 e. The third-order valence-electron chi connectivity index (χ3n) is 3.39. The van der Waals surface area contributed by atoms with Gasteiger partial charge in [0, 0.05) is 18.4 Å². The zero-order chi connectivity index (χ0) is 13.9. The SMILES string of the molecule is C[C@H](N[C@H](C)c1nc2ccccc2o1)c1ccncc1. The standard InChI is InChI=1S/C16H17N3O/c1-11(13-7-9-17-10-8-13)18-12(2)16-19-14-5-3-4-6-15(14)20-16/h3-12,18H,1-2H3/t11-,12+/m0/s1. The van der Waals surface area contributed by atoms with Crippen LogP contribution in [0.15, 0.2) is 53.2 Å². The first kappa shape index (κ1) is 12.8. The number of hydrogen-bond donors (Lipinski definition) is 1. The number of nitrogens with one attached hydrogen (secondary N) is 1. The highest BCUT2D eigenvalue weighted by atomic mass is 16.3. The van der Waals surface area contributed by atoms with Crippen LogP contribution >= 0.6 is 0 Å². The number of rotatable bonds is 4. The molecule has 4 nitrogen and oxygen atoms in total. The van der Waals surface area contributed by atoms with Crippen LogP contribution in [0.1, 0.15) is 37.4 Å². The van der Waals surface area contributed by atoms with Crippen LogP contribution < -0.4 is 5.32 Å². The molecule has 102 valence electrons. The summed E-state index contributed by atoms with van der Waals surface area (Å²) in [6.45, 7) is 4.18. The molecule has 0 bridgehead atoms. The lowest BCUT2D eigenvalue weighted by Crippen LogP contribution is -2.22. The van der Waals surface area contributed by atoms with Crippen LogP contribution in [0.5, 0.6) is 0 Å². The fraction of sp³-hybridized carbons (Fsp3) is 0.250. The van der Waals surface area contributed by atoms with E-state index < -0.39 is 0 Å². The van der Waals surface area contributed by atoms with E-state index in [2.05, 4.69) is 29.1 Å². The first-order valence-corrected chi connectivity index (χ1v) is 6.75. The van der Waals surface area contributed by atoms with E-state index in [-0.39, 0.29) is 12.1 Å². The van der Waals surface area contributed by atoms with Gasteiger partial charge in [-0.3, -0.25) is 10.3 Å². The molecule has 0 radical (unpaired) electrons. The quantitative estimate of drug-likeness (QED) is 0.784. The molecule has 2 atom stereocenters. The molecule has 20 heavy (non-hydrogen) atoms. The molecule has 2 aromatic heterocycles. The molecule has 0 spiro atoms. The Balaban J connectivity index is 1.77. The lowest BCUT2D eigenvalue weighted by atomic mass is 10.1. The number of hydrogen-bond acceptors (Lipinski definition) is 4. The molecule has 0 fully saturated rings. The Kier molecular flexibility index (Phi) is 3.48. The number of aromatic nitrogens is 2. The minimum absolute atomic E-state index is 0.0468. The summed E-state index contributed by atoms with van der Waals surface area (Å²) in [4.78, 5) is 8.55. The van der Waals surface area contributed by atoms with Gasteiger partial charge in [0.25, 0.3) is 0 Å². The molecule has 1 N–H and O–H groups in total. The molecule has 3 rings (SSSR count). The summed E-state index contributed by atoms with van der Waals surface area (Å²) in [7, 11) is 0. The summed E-state index contributed by atoms with van der Waals surface area (Å²) in [6.07, 6.45) is 3.61. The molecule has 0 saturated heterocycles. The summed E-state index contributed by atoms with van der Waals surface area (Å²) < 4.78 is 5.78. The molecule has 3 aromatic rings. The van der Waals surface area contributed by atoms with Gasteiger partial charge in [-0.05, 0) is 43.7 Å². The van der Waals surface area contributed by atoms with Crippen LogP contribution in [0.2, 0.25) is 0 Å². The Hall–Kier alpha value is -2.20. The van der Waals surface area contributed by atoms with Gasteiger partial charge in [0.2, 0.25) is 5.89 Å². The highest BCUT2D eigenvalue weighted by molar-refractivity contribution is 5.72. The predicted molar refractivity (Wildman–Crippen MR) is 78.2 cm³/mol. The first-order chi connectivity index (χ1) is 9.74. The Morgan fingerprint density at radius 1 is 1.00 bits per heavy atom. The fourth-order valence-electron chi connectivity index (χ4n) is 2.27. The molecule has 2 heterocycles. The van der Waals surface area contributed by atoms with Gasteiger partial charge in [-0.15, -0.1) is 0 Å². The highest BCUT2D eigenvalue weighted by Gasteiger charge is 2.16. The molecular formula is C16H17N3O. The second-order valence-electron chi connectivity index (χ2n) is 4.91. The minimum atomic E-state index is 0.0468. The summed E-state index contributed by atoms with van der Waals surface area (Å²) in [6, 6.07) is 12.1. The van der Waals surface area contributed by atoms with Gasteiger partial charge in [0.1, 0.15) is 5.52 Å². The Labute approximate surface area is 117 Å². The molecule has 0 amide bonds. The van der Waals surface area contributed by atoms with Crippen LogP contribution in [0.3, 0.4) is 0 Å². The summed E-state index contributed by atoms with van der Waals surface area (Å²) in [5.41, 5.74) is 2.92. The van der Waals surface area contributed by atoms with Crippen molar-refractivity contribution in [1.82, 2.24) is 15.3 Å². The van der Waals surface area contributed by atoms with Gasteiger partial charge in [0.05, 0.1) is 6.04 Å². The van der Waals surface area contributed by atoms with E-state index in [1.54, 1.807) is 12.4 Å². The largest absolute Gasteiger partial charge is 0.439 e. The van der Waals surface area contributed by atoms with Gasteiger partial charge in [-0.25, -0.2) is 4.98 Å². The van der Waals surface area contributed by atoms with Crippen molar-refractivity contribution >= 4 is 11.1 Å². The van der Waals surface area contributed by atoms with Gasteiger partial charge < -0.3 is 4.42 Å². The Morgan fingerprint density at radius 2 is 1.75 bits per heavy atom. The normalized spacial score (nSPS) is 14.3. The van der Waals surface area contributed by atoms with Crippen LogP contribution in [-0.4, -0.2) is 9.97 Å². The van der Waals surface area contributed by atoms with Crippen LogP contribution in [0, 0.1) is 0 Å². The highest BCUT2D eigenvalue weighted by Crippen LogP contribution is 2.22. The Bertz CT molecular complexity index is 660. The molecule has 0 aliphatic carbocycles. The average molecular weight is 267 g/mol. The van der Waals surface area contributed by atoms with Crippen LogP contribution in [0.4, 0.5) is 0 Å². The van der Waals surface area contributed by atoms with Crippen molar-refractivity contribution in [1.29, 1.82) is 0 Å². The lowest BCUT2D eigenvalue weighted by molar-refractivity contribution is 0.403. The fourth-order valence-corrected chi connectivity index (χ4v) is 2.27. The topological polar surface area (TPSA) is 51.0 Å². The van der Waals surface area contributed by atoms with E-state index in [1.165, 1.54) is 5.56 Å². The third kappa shape index (κ3) is 2.56. The zero-order valence-corrected chi connectivity index (χ0v) is 11.6. The Morgan fingerprint density at radius 3 is 2.50 bits per heavy atom. The van der Waals surface area contributed by atoms with Crippen molar-refractivity contribution in [3.05, 3.63) is 60.2 Å². The summed E-state index contributed by atoms with van der Waals surface area (Å²) >= 11 is 0. The van der Waals surface area contributed by atoms with Crippen molar-refractivity contribution in [2.24, 2.45) is 0 Å². The van der Waals surface area contributed by atoms with Crippen molar-refractivity contribution < 1.29 is 4.42 Å². The number of benzene rings is 1. The van der Waals surface area contributed by atoms with E-state index in [0.717, 1.165) is 11.1 Å². The lowest BCUT2D eigenvalue weighted by Gasteiger charge is -2.17. The van der Waals surface area contributed by atoms with Gasteiger partial charge in [-0.1, -0.05) is 12.1 Å². The maximum Gasteiger partial charge on any atom is 0.212 e. The number of pyridine rings is 1. The third-order valence-corrected chi connectivity index (χ3v) is 3.39. The second-order valence-corrected chi connectivity index (χ2v) is 4.91. The molecule has 0 aliphatic rings. The molecule has 0 aliphatic heterocycles. The predicted octanol–water partition coefficient (Wildman–Crippen LogP) is 3.63. The molecular weight excluding hydrogens is 250 g/mol. The second kappa shape index (κ2) is 5.43. The van der Waals surface area contributed by atoms with E-state index >= 15 is 0 Å². The molecule has 0 saturated carbocycles. The number of fused-ring (bicyclic) bond motifs is 1. The molecule has 4 heteroatoms. The van der Waals surface area contributed by atoms with E-state index in [9.17, 15) is 0 Å². The van der Waals surface area contributed by atoms with Gasteiger partial charge >= 0.3 is 0 Å². The monoisotopic (exact) mass is 267 g/mol. The van der Waals surface area contributed by atoms with Crippen molar-refractivity contribution in [2.45, 2.75) is 25.9 Å².